The maximum Gasteiger partial charge on any atom is 0.227 e. The number of carbonyl (C=O) groups is 1. The zero-order valence-corrected chi connectivity index (χ0v) is 28.7. The van der Waals surface area contributed by atoms with E-state index in [0.717, 1.165) is 41.6 Å². The van der Waals surface area contributed by atoms with E-state index in [9.17, 15) is 4.79 Å². The van der Waals surface area contributed by atoms with Crippen molar-refractivity contribution in [1.82, 2.24) is 4.90 Å². The van der Waals surface area contributed by atoms with E-state index in [4.69, 9.17) is 9.47 Å². The molecule has 7 heteroatoms. The third-order valence-corrected chi connectivity index (χ3v) is 8.44. The van der Waals surface area contributed by atoms with Crippen LogP contribution in [-0.2, 0) is 17.9 Å². The lowest BCUT2D eigenvalue weighted by Crippen LogP contribution is -2.29. The van der Waals surface area contributed by atoms with Crippen LogP contribution in [0.2, 0.25) is 0 Å². The van der Waals surface area contributed by atoms with Gasteiger partial charge in [-0.25, -0.2) is 0 Å². The smallest absolute Gasteiger partial charge is 0.227 e. The van der Waals surface area contributed by atoms with Crippen LogP contribution < -0.4 is 14.4 Å². The van der Waals surface area contributed by atoms with Crippen LogP contribution >= 0.6 is 28.7 Å². The van der Waals surface area contributed by atoms with E-state index in [0.29, 0.717) is 19.6 Å². The molecule has 42 heavy (non-hydrogen) atoms. The Morgan fingerprint density at radius 3 is 2.17 bits per heavy atom. The van der Waals surface area contributed by atoms with Crippen molar-refractivity contribution >= 4 is 40.3 Å². The number of hydrogen-bond donors (Lipinski definition) is 0. The number of benzene rings is 2. The van der Waals surface area contributed by atoms with Gasteiger partial charge in [0.1, 0.15) is 0 Å². The highest BCUT2D eigenvalue weighted by Gasteiger charge is 2.17. The molecule has 0 saturated heterocycles. The third kappa shape index (κ3) is 13.0. The Balaban J connectivity index is 0.00000616. The Morgan fingerprint density at radius 1 is 0.857 bits per heavy atom. The van der Waals surface area contributed by atoms with E-state index < -0.39 is 0 Å². The lowest BCUT2D eigenvalue weighted by atomic mass is 10.1. The number of amides is 1. The molecule has 0 fully saturated rings. The van der Waals surface area contributed by atoms with Gasteiger partial charge < -0.3 is 19.3 Å². The molecule has 0 aromatic heterocycles. The van der Waals surface area contributed by atoms with Gasteiger partial charge in [-0.2, -0.15) is 0 Å². The van der Waals surface area contributed by atoms with Crippen molar-refractivity contribution in [2.75, 3.05) is 24.5 Å². The Morgan fingerprint density at radius 2 is 1.55 bits per heavy atom. The second-order valence-corrected chi connectivity index (χ2v) is 11.9. The van der Waals surface area contributed by atoms with Gasteiger partial charge in [-0.15, -0.1) is 28.7 Å². The average Bonchev–Trinajstić information content (AvgIpc) is 3.51. The quantitative estimate of drug-likeness (QED) is 0.125. The van der Waals surface area contributed by atoms with E-state index >= 15 is 0 Å². The summed E-state index contributed by atoms with van der Waals surface area (Å²) in [6.45, 7) is 6.21. The molecule has 0 aliphatic carbocycles. The lowest BCUT2D eigenvalue weighted by Gasteiger charge is -2.24. The summed E-state index contributed by atoms with van der Waals surface area (Å²) in [7, 11) is 1.68. The molecule has 1 aliphatic heterocycles. The fourth-order valence-corrected chi connectivity index (χ4v) is 5.93. The SMILES string of the molecule is Br.CCCCCCCCCCCCCCOc1cc(CN(C(=O)CC)c2cccc(CN3C=CSC3)c2)ccc1OC. The first-order valence-electron chi connectivity index (χ1n) is 15.9. The molecule has 0 radical (unpaired) electrons. The predicted molar refractivity (Wildman–Crippen MR) is 185 cm³/mol. The number of halogens is 1. The molecule has 234 valence electrons. The molecule has 2 aromatic carbocycles. The molecule has 0 atom stereocenters. The molecule has 2 aromatic rings. The van der Waals surface area contributed by atoms with Gasteiger partial charge in [-0.3, -0.25) is 4.79 Å². The topological polar surface area (TPSA) is 42.0 Å². The van der Waals surface area contributed by atoms with Crippen molar-refractivity contribution in [3.63, 3.8) is 0 Å². The monoisotopic (exact) mass is 660 g/mol. The molecular weight excluding hydrogens is 608 g/mol. The Hall–Kier alpha value is -2.12. The second-order valence-electron chi connectivity index (χ2n) is 11.1. The highest BCUT2D eigenvalue weighted by Crippen LogP contribution is 2.30. The van der Waals surface area contributed by atoms with Crippen LogP contribution in [0.3, 0.4) is 0 Å². The molecule has 5 nitrogen and oxygen atoms in total. The molecule has 1 aliphatic rings. The van der Waals surface area contributed by atoms with Gasteiger partial charge in [0, 0.05) is 24.9 Å². The summed E-state index contributed by atoms with van der Waals surface area (Å²) in [5, 5.41) is 2.12. The highest BCUT2D eigenvalue weighted by atomic mass is 79.9. The van der Waals surface area contributed by atoms with Crippen molar-refractivity contribution in [2.45, 2.75) is 110 Å². The molecule has 0 bridgehead atoms. The number of unbranched alkanes of at least 4 members (excludes halogenated alkanes) is 11. The Bertz CT molecular complexity index is 1060. The van der Waals surface area contributed by atoms with Crippen molar-refractivity contribution in [2.24, 2.45) is 0 Å². The van der Waals surface area contributed by atoms with Gasteiger partial charge >= 0.3 is 0 Å². The molecule has 0 spiro atoms. The zero-order valence-electron chi connectivity index (χ0n) is 26.2. The number of nitrogens with zero attached hydrogens (tertiary/aromatic N) is 2. The first-order chi connectivity index (χ1) is 20.1. The van der Waals surface area contributed by atoms with Crippen LogP contribution in [0.5, 0.6) is 11.5 Å². The minimum atomic E-state index is 0. The van der Waals surface area contributed by atoms with Crippen molar-refractivity contribution < 1.29 is 14.3 Å². The minimum Gasteiger partial charge on any atom is -0.493 e. The van der Waals surface area contributed by atoms with Gasteiger partial charge in [-0.1, -0.05) is 103 Å². The third-order valence-electron chi connectivity index (χ3n) is 7.64. The van der Waals surface area contributed by atoms with Crippen LogP contribution in [0, 0.1) is 0 Å². The molecule has 3 rings (SSSR count). The molecule has 0 saturated carbocycles. The van der Waals surface area contributed by atoms with Gasteiger partial charge in [0.05, 0.1) is 26.1 Å². The Kier molecular flexibility index (Phi) is 18.5. The van der Waals surface area contributed by atoms with Crippen molar-refractivity contribution in [1.29, 1.82) is 0 Å². The van der Waals surface area contributed by atoms with E-state index in [1.54, 1.807) is 18.9 Å². The minimum absolute atomic E-state index is 0. The van der Waals surface area contributed by atoms with Gasteiger partial charge in [0.15, 0.2) is 11.5 Å². The van der Waals surface area contributed by atoms with Gasteiger partial charge in [0.2, 0.25) is 5.91 Å². The zero-order chi connectivity index (χ0) is 29.1. The van der Waals surface area contributed by atoms with Crippen molar-refractivity contribution in [3.8, 4) is 11.5 Å². The summed E-state index contributed by atoms with van der Waals surface area (Å²) in [5.74, 6) is 2.56. The summed E-state index contributed by atoms with van der Waals surface area (Å²) in [5.41, 5.74) is 3.16. The number of carbonyl (C=O) groups excluding carboxylic acids is 1. The molecular formula is C35H53BrN2O3S. The normalized spacial score (nSPS) is 12.3. The Labute approximate surface area is 270 Å². The average molecular weight is 662 g/mol. The first kappa shape index (κ1) is 36.1. The van der Waals surface area contributed by atoms with E-state index in [1.165, 1.54) is 76.2 Å². The van der Waals surface area contributed by atoms with Crippen LogP contribution in [0.1, 0.15) is 108 Å². The van der Waals surface area contributed by atoms with Crippen LogP contribution in [0.15, 0.2) is 54.1 Å². The number of methoxy groups -OCH3 is 1. The summed E-state index contributed by atoms with van der Waals surface area (Å²) >= 11 is 1.80. The highest BCUT2D eigenvalue weighted by molar-refractivity contribution is 8.93. The maximum atomic E-state index is 13.0. The lowest BCUT2D eigenvalue weighted by molar-refractivity contribution is -0.118. The van der Waals surface area contributed by atoms with E-state index in [2.05, 4.69) is 35.6 Å². The number of anilines is 1. The molecule has 1 amide bonds. The summed E-state index contributed by atoms with van der Waals surface area (Å²) < 4.78 is 11.8. The van der Waals surface area contributed by atoms with Crippen LogP contribution in [0.25, 0.3) is 0 Å². The number of rotatable bonds is 21. The summed E-state index contributed by atoms with van der Waals surface area (Å²) in [6.07, 6.45) is 18.5. The molecule has 0 N–H and O–H groups in total. The summed E-state index contributed by atoms with van der Waals surface area (Å²) in [6, 6.07) is 14.4. The fourth-order valence-electron chi connectivity index (χ4n) is 5.22. The fraction of sp³-hybridized carbons (Fsp3) is 0.571. The number of ether oxygens (including phenoxy) is 2. The number of hydrogen-bond acceptors (Lipinski definition) is 5. The maximum absolute atomic E-state index is 13.0. The standard InChI is InChI=1S/C35H52N2O3S.BrH/c1-4-6-7-8-9-10-11-12-13-14-15-16-23-40-34-26-31(20-21-33(34)39-3)28-37(35(38)5-2)32-19-17-18-30(25-32)27-36-22-24-41-29-36;/h17-22,24-26H,4-16,23,27-29H2,1-3H3;1H. The van der Waals surface area contributed by atoms with Crippen LogP contribution in [0.4, 0.5) is 5.69 Å². The van der Waals surface area contributed by atoms with Crippen LogP contribution in [-0.4, -0.2) is 30.4 Å². The van der Waals surface area contributed by atoms with Gasteiger partial charge in [0.25, 0.3) is 0 Å². The summed E-state index contributed by atoms with van der Waals surface area (Å²) in [4.78, 5) is 17.2. The largest absolute Gasteiger partial charge is 0.493 e. The van der Waals surface area contributed by atoms with E-state index in [1.807, 2.05) is 42.2 Å². The number of thioether (sulfide) groups is 1. The van der Waals surface area contributed by atoms with Gasteiger partial charge in [-0.05, 0) is 47.2 Å². The van der Waals surface area contributed by atoms with Crippen molar-refractivity contribution in [3.05, 3.63) is 65.2 Å². The first-order valence-corrected chi connectivity index (χ1v) is 16.9. The second kappa shape index (κ2) is 21.6. The van der Waals surface area contributed by atoms with E-state index in [-0.39, 0.29) is 22.9 Å². The molecule has 0 unspecified atom stereocenters. The predicted octanol–water partition coefficient (Wildman–Crippen LogP) is 10.3. The molecule has 1 heterocycles.